The summed E-state index contributed by atoms with van der Waals surface area (Å²) in [6.45, 7) is 5.98. The zero-order valence-electron chi connectivity index (χ0n) is 17.1. The molecule has 0 radical (unpaired) electrons. The van der Waals surface area contributed by atoms with Gasteiger partial charge in [0.2, 0.25) is 5.95 Å². The van der Waals surface area contributed by atoms with Gasteiger partial charge in [0.15, 0.2) is 11.2 Å². The van der Waals surface area contributed by atoms with Crippen LogP contribution in [0.25, 0.3) is 11.2 Å². The Balaban J connectivity index is 1.89. The molecule has 1 aliphatic heterocycles. The average molecular weight is 416 g/mol. The molecule has 0 fully saturated rings. The fourth-order valence-electron chi connectivity index (χ4n) is 3.98. The van der Waals surface area contributed by atoms with Gasteiger partial charge in [0.25, 0.3) is 5.56 Å². The maximum absolute atomic E-state index is 13.2. The Morgan fingerprint density at radius 2 is 1.97 bits per heavy atom. The van der Waals surface area contributed by atoms with Crippen LogP contribution in [0.5, 0.6) is 0 Å². The number of benzene rings is 1. The first-order valence-electron chi connectivity index (χ1n) is 10.2. The topological polar surface area (TPSA) is 65.1 Å². The third-order valence-electron chi connectivity index (χ3n) is 5.67. The van der Waals surface area contributed by atoms with Crippen molar-refractivity contribution >= 4 is 34.4 Å². The summed E-state index contributed by atoms with van der Waals surface area (Å²) < 4.78 is 4.80. The van der Waals surface area contributed by atoms with Crippen LogP contribution < -0.4 is 16.1 Å². The van der Waals surface area contributed by atoms with E-state index >= 15 is 0 Å². The van der Waals surface area contributed by atoms with Gasteiger partial charge >= 0.3 is 5.69 Å². The molecule has 0 N–H and O–H groups in total. The van der Waals surface area contributed by atoms with Gasteiger partial charge in [-0.3, -0.25) is 13.9 Å². The summed E-state index contributed by atoms with van der Waals surface area (Å²) in [6.07, 6.45) is 3.71. The molecule has 0 spiro atoms. The molecule has 7 nitrogen and oxygen atoms in total. The van der Waals surface area contributed by atoms with E-state index in [1.165, 1.54) is 9.13 Å². The van der Waals surface area contributed by atoms with Gasteiger partial charge in [-0.15, -0.1) is 0 Å². The number of imidazole rings is 1. The lowest BCUT2D eigenvalue weighted by molar-refractivity contribution is 0.546. The molecule has 3 heterocycles. The second-order valence-electron chi connectivity index (χ2n) is 7.68. The van der Waals surface area contributed by atoms with Crippen molar-refractivity contribution in [1.29, 1.82) is 0 Å². The summed E-state index contributed by atoms with van der Waals surface area (Å²) >= 11 is 6.34. The van der Waals surface area contributed by atoms with Gasteiger partial charge in [-0.05, 0) is 37.5 Å². The number of hydrogen-bond donors (Lipinski definition) is 0. The molecule has 1 aromatic carbocycles. The Morgan fingerprint density at radius 3 is 2.69 bits per heavy atom. The van der Waals surface area contributed by atoms with Crippen LogP contribution in [0.1, 0.15) is 38.2 Å². The monoisotopic (exact) mass is 415 g/mol. The highest BCUT2D eigenvalue weighted by Crippen LogP contribution is 2.33. The van der Waals surface area contributed by atoms with E-state index in [-0.39, 0.29) is 11.2 Å². The summed E-state index contributed by atoms with van der Waals surface area (Å²) in [7, 11) is 1.69. The second kappa shape index (κ2) is 7.71. The van der Waals surface area contributed by atoms with Gasteiger partial charge in [0.1, 0.15) is 0 Å². The molecule has 0 bridgehead atoms. The Bertz CT molecular complexity index is 1190. The van der Waals surface area contributed by atoms with Crippen molar-refractivity contribution in [2.45, 2.75) is 52.6 Å². The lowest BCUT2D eigenvalue weighted by Gasteiger charge is -2.29. The quantitative estimate of drug-likeness (QED) is 0.597. The van der Waals surface area contributed by atoms with Crippen molar-refractivity contribution in [3.8, 4) is 0 Å². The third kappa shape index (κ3) is 3.27. The van der Waals surface area contributed by atoms with E-state index in [2.05, 4.69) is 11.8 Å². The van der Waals surface area contributed by atoms with Crippen LogP contribution >= 0.6 is 11.6 Å². The molecule has 0 saturated carbocycles. The summed E-state index contributed by atoms with van der Waals surface area (Å²) in [5.74, 6) is 0.685. The molecular weight excluding hydrogens is 390 g/mol. The molecule has 29 heavy (non-hydrogen) atoms. The SMILES string of the molecule is CCCCCn1c(=O)c2c(nc3n2CCCN3c2ccc(C)c(Cl)c2)n(C)c1=O. The van der Waals surface area contributed by atoms with Crippen LogP contribution in [0, 0.1) is 6.92 Å². The smallest absolute Gasteiger partial charge is 0.312 e. The van der Waals surface area contributed by atoms with Gasteiger partial charge in [-0.1, -0.05) is 37.4 Å². The predicted octanol–water partition coefficient (Wildman–Crippen LogP) is 3.59. The minimum absolute atomic E-state index is 0.248. The number of anilines is 2. The predicted molar refractivity (Wildman–Crippen MR) is 117 cm³/mol. The standard InChI is InChI=1S/C21H26ClN5O2/c1-4-5-6-10-27-19(28)17-18(24(3)21(27)29)23-20-25(11-7-12-26(17)20)15-9-8-14(2)16(22)13-15/h8-9,13H,4-7,10-12H2,1-3H3. The van der Waals surface area contributed by atoms with Crippen molar-refractivity contribution in [3.05, 3.63) is 49.6 Å². The van der Waals surface area contributed by atoms with Gasteiger partial charge < -0.3 is 9.47 Å². The van der Waals surface area contributed by atoms with E-state index in [4.69, 9.17) is 16.6 Å². The number of aromatic nitrogens is 4. The van der Waals surface area contributed by atoms with Gasteiger partial charge in [0.05, 0.1) is 0 Å². The normalized spacial score (nSPS) is 13.9. The minimum atomic E-state index is -0.306. The molecule has 4 rings (SSSR count). The zero-order chi connectivity index (χ0) is 20.7. The van der Waals surface area contributed by atoms with E-state index in [0.717, 1.165) is 43.5 Å². The number of fused-ring (bicyclic) bond motifs is 3. The number of nitrogens with zero attached hydrogens (tertiary/aromatic N) is 5. The van der Waals surface area contributed by atoms with E-state index < -0.39 is 0 Å². The number of halogens is 1. The molecule has 8 heteroatoms. The Kier molecular flexibility index (Phi) is 5.25. The largest absolute Gasteiger partial charge is 0.332 e. The van der Waals surface area contributed by atoms with Crippen molar-refractivity contribution in [1.82, 2.24) is 18.7 Å². The van der Waals surface area contributed by atoms with Crippen LogP contribution in [0.15, 0.2) is 27.8 Å². The number of hydrogen-bond acceptors (Lipinski definition) is 4. The summed E-state index contributed by atoms with van der Waals surface area (Å²) in [5, 5.41) is 0.696. The van der Waals surface area contributed by atoms with E-state index in [1.807, 2.05) is 29.7 Å². The molecule has 1 aliphatic rings. The zero-order valence-corrected chi connectivity index (χ0v) is 17.9. The Morgan fingerprint density at radius 1 is 1.17 bits per heavy atom. The molecule has 0 atom stereocenters. The lowest BCUT2D eigenvalue weighted by atomic mass is 10.2. The highest BCUT2D eigenvalue weighted by molar-refractivity contribution is 6.31. The first-order chi connectivity index (χ1) is 13.9. The van der Waals surface area contributed by atoms with Crippen LogP contribution in [0.3, 0.4) is 0 Å². The third-order valence-corrected chi connectivity index (χ3v) is 6.08. The van der Waals surface area contributed by atoms with Crippen LogP contribution in [0.2, 0.25) is 5.02 Å². The van der Waals surface area contributed by atoms with Crippen molar-refractivity contribution in [2.24, 2.45) is 7.05 Å². The second-order valence-corrected chi connectivity index (χ2v) is 8.09. The first-order valence-corrected chi connectivity index (χ1v) is 10.6. The molecular formula is C21H26ClN5O2. The number of rotatable bonds is 5. The van der Waals surface area contributed by atoms with Gasteiger partial charge in [-0.2, -0.15) is 4.98 Å². The lowest BCUT2D eigenvalue weighted by Crippen LogP contribution is -2.40. The number of aryl methyl sites for hydroxylation is 3. The van der Waals surface area contributed by atoms with Crippen LogP contribution in [0.4, 0.5) is 11.6 Å². The summed E-state index contributed by atoms with van der Waals surface area (Å²) in [4.78, 5) is 32.8. The molecule has 154 valence electrons. The highest BCUT2D eigenvalue weighted by Gasteiger charge is 2.27. The van der Waals surface area contributed by atoms with Crippen molar-refractivity contribution < 1.29 is 0 Å². The molecule has 0 unspecified atom stereocenters. The Hall–Kier alpha value is -2.54. The maximum atomic E-state index is 13.2. The number of unbranched alkanes of at least 4 members (excludes halogenated alkanes) is 2. The van der Waals surface area contributed by atoms with Crippen molar-refractivity contribution in [2.75, 3.05) is 11.4 Å². The Labute approximate surface area is 174 Å². The fraction of sp³-hybridized carbons (Fsp3) is 0.476. The molecule has 0 aliphatic carbocycles. The van der Waals surface area contributed by atoms with Gasteiger partial charge in [0, 0.05) is 37.4 Å². The van der Waals surface area contributed by atoms with E-state index in [1.54, 1.807) is 7.05 Å². The minimum Gasteiger partial charge on any atom is -0.312 e. The summed E-state index contributed by atoms with van der Waals surface area (Å²) in [5.41, 5.74) is 2.33. The average Bonchev–Trinajstić information content (AvgIpc) is 3.11. The van der Waals surface area contributed by atoms with E-state index in [0.29, 0.717) is 35.2 Å². The van der Waals surface area contributed by atoms with Crippen molar-refractivity contribution in [3.63, 3.8) is 0 Å². The van der Waals surface area contributed by atoms with Gasteiger partial charge in [-0.25, -0.2) is 4.79 Å². The summed E-state index contributed by atoms with van der Waals surface area (Å²) in [6, 6.07) is 5.92. The highest BCUT2D eigenvalue weighted by atomic mass is 35.5. The molecule has 3 aromatic rings. The fourth-order valence-corrected chi connectivity index (χ4v) is 4.15. The molecule has 0 amide bonds. The van der Waals surface area contributed by atoms with Crippen LogP contribution in [-0.4, -0.2) is 25.2 Å². The van der Waals surface area contributed by atoms with E-state index in [9.17, 15) is 9.59 Å². The molecule has 0 saturated heterocycles. The first kappa shape index (κ1) is 19.8. The maximum Gasteiger partial charge on any atom is 0.332 e. The van der Waals surface area contributed by atoms with Crippen LogP contribution in [-0.2, 0) is 20.1 Å². The molecule has 2 aromatic heterocycles.